The van der Waals surface area contributed by atoms with Crippen LogP contribution in [0.25, 0.3) is 0 Å². The maximum atomic E-state index is 11.5. The summed E-state index contributed by atoms with van der Waals surface area (Å²) in [7, 11) is 1.33. The van der Waals surface area contributed by atoms with Crippen LogP contribution < -0.4 is 4.90 Å². The van der Waals surface area contributed by atoms with E-state index in [9.17, 15) is 4.79 Å². The van der Waals surface area contributed by atoms with Gasteiger partial charge in [-0.3, -0.25) is 4.98 Å². The molecule has 1 aromatic rings. The van der Waals surface area contributed by atoms with Crippen molar-refractivity contribution < 1.29 is 14.3 Å². The summed E-state index contributed by atoms with van der Waals surface area (Å²) in [6.45, 7) is 9.54. The van der Waals surface area contributed by atoms with Gasteiger partial charge >= 0.3 is 5.97 Å². The SMILES string of the molecule is COC(=O)c1cncc(N2CC(C)(C)OC(C)(C)C2)n1. The van der Waals surface area contributed by atoms with Crippen LogP contribution in [0, 0.1) is 0 Å². The molecule has 6 heteroatoms. The smallest absolute Gasteiger partial charge is 0.358 e. The highest BCUT2D eigenvalue weighted by Crippen LogP contribution is 2.30. The fourth-order valence-electron chi connectivity index (χ4n) is 2.66. The average Bonchev–Trinajstić information content (AvgIpc) is 2.34. The van der Waals surface area contributed by atoms with Crippen molar-refractivity contribution in [3.63, 3.8) is 0 Å². The molecule has 1 saturated heterocycles. The highest BCUT2D eigenvalue weighted by Gasteiger charge is 2.38. The van der Waals surface area contributed by atoms with Crippen LogP contribution in [0.5, 0.6) is 0 Å². The van der Waals surface area contributed by atoms with Gasteiger partial charge < -0.3 is 14.4 Å². The number of nitrogens with zero attached hydrogens (tertiary/aromatic N) is 3. The van der Waals surface area contributed by atoms with E-state index in [1.165, 1.54) is 13.3 Å². The Balaban J connectivity index is 2.29. The van der Waals surface area contributed by atoms with E-state index in [1.807, 2.05) is 27.7 Å². The third-order valence-corrected chi connectivity index (χ3v) is 3.04. The molecule has 2 rings (SSSR count). The third kappa shape index (κ3) is 3.25. The lowest BCUT2D eigenvalue weighted by Crippen LogP contribution is -2.57. The molecule has 1 aliphatic heterocycles. The Morgan fingerprint density at radius 3 is 2.40 bits per heavy atom. The first-order chi connectivity index (χ1) is 9.22. The highest BCUT2D eigenvalue weighted by molar-refractivity contribution is 5.87. The van der Waals surface area contributed by atoms with Crippen LogP contribution >= 0.6 is 0 Å². The molecule has 0 N–H and O–H groups in total. The number of esters is 1. The van der Waals surface area contributed by atoms with Crippen molar-refractivity contribution >= 4 is 11.8 Å². The van der Waals surface area contributed by atoms with Gasteiger partial charge in [0, 0.05) is 13.1 Å². The van der Waals surface area contributed by atoms with Gasteiger partial charge in [-0.15, -0.1) is 0 Å². The van der Waals surface area contributed by atoms with Crippen molar-refractivity contribution in [1.29, 1.82) is 0 Å². The lowest BCUT2D eigenvalue weighted by atomic mass is 9.99. The van der Waals surface area contributed by atoms with Crippen molar-refractivity contribution in [2.45, 2.75) is 38.9 Å². The maximum Gasteiger partial charge on any atom is 0.358 e. The molecular weight excluding hydrogens is 258 g/mol. The highest BCUT2D eigenvalue weighted by atomic mass is 16.5. The normalized spacial score (nSPS) is 20.6. The van der Waals surface area contributed by atoms with Crippen molar-refractivity contribution in [3.8, 4) is 0 Å². The molecule has 110 valence electrons. The summed E-state index contributed by atoms with van der Waals surface area (Å²) < 4.78 is 10.7. The topological polar surface area (TPSA) is 64.5 Å². The molecule has 0 bridgehead atoms. The Hall–Kier alpha value is -1.69. The molecule has 0 amide bonds. The number of carbonyl (C=O) groups excluding carboxylic acids is 1. The number of aromatic nitrogens is 2. The minimum atomic E-state index is -0.480. The maximum absolute atomic E-state index is 11.5. The van der Waals surface area contributed by atoms with Crippen LogP contribution in [0.2, 0.25) is 0 Å². The minimum Gasteiger partial charge on any atom is -0.464 e. The van der Waals surface area contributed by atoms with Gasteiger partial charge in [-0.1, -0.05) is 0 Å². The number of methoxy groups -OCH3 is 1. The van der Waals surface area contributed by atoms with E-state index < -0.39 is 5.97 Å². The summed E-state index contributed by atoms with van der Waals surface area (Å²) in [6, 6.07) is 0. The number of rotatable bonds is 2. The van der Waals surface area contributed by atoms with Gasteiger partial charge in [0.2, 0.25) is 0 Å². The molecule has 0 saturated carbocycles. The van der Waals surface area contributed by atoms with Gasteiger partial charge in [-0.25, -0.2) is 9.78 Å². The van der Waals surface area contributed by atoms with Gasteiger partial charge in [0.15, 0.2) is 5.69 Å². The van der Waals surface area contributed by atoms with Gasteiger partial charge in [0.25, 0.3) is 0 Å². The van der Waals surface area contributed by atoms with Crippen LogP contribution in [0.3, 0.4) is 0 Å². The zero-order valence-corrected chi connectivity index (χ0v) is 12.6. The lowest BCUT2D eigenvalue weighted by molar-refractivity contribution is -0.133. The van der Waals surface area contributed by atoms with E-state index in [-0.39, 0.29) is 16.9 Å². The molecule has 0 radical (unpaired) electrons. The molecule has 20 heavy (non-hydrogen) atoms. The molecule has 0 aromatic carbocycles. The van der Waals surface area contributed by atoms with Crippen LogP contribution in [-0.2, 0) is 9.47 Å². The number of carbonyl (C=O) groups is 1. The summed E-state index contributed by atoms with van der Waals surface area (Å²) in [5.74, 6) is 0.184. The van der Waals surface area contributed by atoms with Gasteiger partial charge in [-0.2, -0.15) is 0 Å². The summed E-state index contributed by atoms with van der Waals surface area (Å²) in [6.07, 6.45) is 3.07. The standard InChI is InChI=1S/C14H21N3O3/c1-13(2)8-17(9-14(3,4)20-13)11-7-15-6-10(16-11)12(18)19-5/h6-7H,8-9H2,1-5H3. The first-order valence-electron chi connectivity index (χ1n) is 6.58. The van der Waals surface area contributed by atoms with E-state index in [2.05, 4.69) is 19.6 Å². The molecule has 0 atom stereocenters. The van der Waals surface area contributed by atoms with Gasteiger partial charge in [0.05, 0.1) is 30.7 Å². The summed E-state index contributed by atoms with van der Waals surface area (Å²) >= 11 is 0. The zero-order valence-electron chi connectivity index (χ0n) is 12.6. The summed E-state index contributed by atoms with van der Waals surface area (Å²) in [5.41, 5.74) is -0.359. The number of ether oxygens (including phenoxy) is 2. The molecule has 0 aliphatic carbocycles. The molecule has 1 aromatic heterocycles. The fourth-order valence-corrected chi connectivity index (χ4v) is 2.66. The van der Waals surface area contributed by atoms with Crippen LogP contribution in [0.4, 0.5) is 5.82 Å². The van der Waals surface area contributed by atoms with Crippen molar-refractivity contribution in [3.05, 3.63) is 18.1 Å². The molecule has 0 unspecified atom stereocenters. The second kappa shape index (κ2) is 5.01. The van der Waals surface area contributed by atoms with E-state index in [0.29, 0.717) is 18.9 Å². The number of hydrogen-bond acceptors (Lipinski definition) is 6. The Morgan fingerprint density at radius 2 is 1.85 bits per heavy atom. The number of anilines is 1. The van der Waals surface area contributed by atoms with E-state index in [0.717, 1.165) is 0 Å². The Labute approximate surface area is 119 Å². The van der Waals surface area contributed by atoms with Crippen LogP contribution in [-0.4, -0.2) is 47.3 Å². The van der Waals surface area contributed by atoms with E-state index in [1.54, 1.807) is 6.20 Å². The Bertz CT molecular complexity index is 498. The molecular formula is C14H21N3O3. The molecule has 6 nitrogen and oxygen atoms in total. The second-order valence-electron chi connectivity index (χ2n) is 6.23. The van der Waals surface area contributed by atoms with Crippen LogP contribution in [0.15, 0.2) is 12.4 Å². The van der Waals surface area contributed by atoms with Crippen molar-refractivity contribution in [1.82, 2.24) is 9.97 Å². The van der Waals surface area contributed by atoms with E-state index in [4.69, 9.17) is 4.74 Å². The summed E-state index contributed by atoms with van der Waals surface area (Å²) in [4.78, 5) is 22.0. The fraction of sp³-hybridized carbons (Fsp3) is 0.643. The van der Waals surface area contributed by atoms with E-state index >= 15 is 0 Å². The molecule has 1 fully saturated rings. The minimum absolute atomic E-state index is 0.215. The van der Waals surface area contributed by atoms with Gasteiger partial charge in [0.1, 0.15) is 5.82 Å². The summed E-state index contributed by atoms with van der Waals surface area (Å²) in [5, 5.41) is 0. The molecule has 1 aliphatic rings. The first-order valence-corrected chi connectivity index (χ1v) is 6.58. The van der Waals surface area contributed by atoms with Crippen molar-refractivity contribution in [2.24, 2.45) is 0 Å². The van der Waals surface area contributed by atoms with Gasteiger partial charge in [-0.05, 0) is 27.7 Å². The Morgan fingerprint density at radius 1 is 1.25 bits per heavy atom. The molecule has 2 heterocycles. The van der Waals surface area contributed by atoms with Crippen molar-refractivity contribution in [2.75, 3.05) is 25.1 Å². The third-order valence-electron chi connectivity index (χ3n) is 3.04. The predicted octanol–water partition coefficient (Wildman–Crippen LogP) is 1.66. The number of hydrogen-bond donors (Lipinski definition) is 0. The second-order valence-corrected chi connectivity index (χ2v) is 6.23. The number of morpholine rings is 1. The lowest BCUT2D eigenvalue weighted by Gasteiger charge is -2.47. The van der Waals surface area contributed by atoms with Crippen LogP contribution in [0.1, 0.15) is 38.2 Å². The Kier molecular flexibility index (Phi) is 3.69. The zero-order chi connectivity index (χ0) is 15.0. The quantitative estimate of drug-likeness (QED) is 0.767. The largest absolute Gasteiger partial charge is 0.464 e. The predicted molar refractivity (Wildman–Crippen MR) is 74.8 cm³/mol. The average molecular weight is 279 g/mol. The molecule has 0 spiro atoms. The first kappa shape index (κ1) is 14.7. The monoisotopic (exact) mass is 279 g/mol.